The summed E-state index contributed by atoms with van der Waals surface area (Å²) in [5, 5.41) is 3.80. The van der Waals surface area contributed by atoms with Crippen molar-refractivity contribution in [3.05, 3.63) is 22.7 Å². The summed E-state index contributed by atoms with van der Waals surface area (Å²) in [6.45, 7) is 0. The Morgan fingerprint density at radius 1 is 1.81 bits per heavy atom. The molecule has 0 aliphatic carbocycles. The molecule has 0 spiro atoms. The van der Waals surface area contributed by atoms with Crippen LogP contribution in [0.15, 0.2) is 17.1 Å². The van der Waals surface area contributed by atoms with E-state index in [0.29, 0.717) is 12.8 Å². The molecule has 0 unspecified atom stereocenters. The van der Waals surface area contributed by atoms with Crippen LogP contribution in [0.2, 0.25) is 0 Å². The quantitative estimate of drug-likeness (QED) is 0.749. The normalized spacial score (nSPS) is 27.7. The molecule has 1 aromatic heterocycles. The summed E-state index contributed by atoms with van der Waals surface area (Å²) >= 11 is 0. The van der Waals surface area contributed by atoms with E-state index in [1.54, 1.807) is 0 Å². The third-order valence-electron chi connectivity index (χ3n) is 2.48. The van der Waals surface area contributed by atoms with Crippen molar-refractivity contribution in [2.45, 2.75) is 31.5 Å². The third-order valence-corrected chi connectivity index (χ3v) is 2.48. The van der Waals surface area contributed by atoms with Crippen LogP contribution in [0.25, 0.3) is 0 Å². The lowest BCUT2D eigenvalue weighted by Gasteiger charge is -2.15. The van der Waals surface area contributed by atoms with Gasteiger partial charge in [0, 0.05) is 6.20 Å². The molecule has 0 amide bonds. The van der Waals surface area contributed by atoms with Crippen molar-refractivity contribution in [3.8, 4) is 0 Å². The van der Waals surface area contributed by atoms with Crippen LogP contribution in [-0.2, 0) is 4.74 Å². The minimum atomic E-state index is -1.81. The van der Waals surface area contributed by atoms with E-state index in [9.17, 15) is 9.18 Å². The van der Waals surface area contributed by atoms with Crippen molar-refractivity contribution in [1.29, 1.82) is 1.43 Å². The molecule has 2 rings (SSSR count). The summed E-state index contributed by atoms with van der Waals surface area (Å²) in [6, 6.07) is 1.46. The number of hydrogen-bond acceptors (Lipinski definition) is 5. The van der Waals surface area contributed by atoms with Crippen molar-refractivity contribution in [2.75, 3.05) is 5.73 Å². The summed E-state index contributed by atoms with van der Waals surface area (Å²) < 4.78 is 26.0. The molecule has 0 bridgehead atoms. The van der Waals surface area contributed by atoms with Crippen LogP contribution < -0.4 is 11.4 Å². The zero-order valence-corrected chi connectivity index (χ0v) is 8.38. The molecule has 1 saturated heterocycles. The van der Waals surface area contributed by atoms with Crippen molar-refractivity contribution >= 4 is 5.82 Å². The second kappa shape index (κ2) is 4.18. The largest absolute Gasteiger partial charge is 0.383 e. The maximum atomic E-state index is 13.0. The first kappa shape index (κ1) is 9.73. The molecule has 2 heterocycles. The number of nitrogens with two attached hydrogens (primary N) is 1. The first-order valence-electron chi connectivity index (χ1n) is 5.29. The zero-order chi connectivity index (χ0) is 12.4. The number of nitrogens with zero attached hydrogens (tertiary/aromatic N) is 2. The molecule has 7 heteroatoms. The Bertz CT molecular complexity index is 455. The van der Waals surface area contributed by atoms with E-state index in [2.05, 4.69) is 10.1 Å². The molecular weight excluding hydrogens is 217 g/mol. The maximum absolute atomic E-state index is 13.0. The Balaban J connectivity index is 2.12. The van der Waals surface area contributed by atoms with E-state index < -0.39 is 24.4 Å². The van der Waals surface area contributed by atoms with Crippen LogP contribution in [0.1, 0.15) is 19.1 Å². The molecule has 0 aromatic carbocycles. The average molecular weight is 230 g/mol. The second-order valence-electron chi connectivity index (χ2n) is 3.60. The Hall–Kier alpha value is -1.47. The average Bonchev–Trinajstić information content (AvgIpc) is 2.77. The van der Waals surface area contributed by atoms with Gasteiger partial charge in [-0.3, -0.25) is 4.57 Å². The van der Waals surface area contributed by atoms with Crippen LogP contribution in [0, 0.1) is 0 Å². The van der Waals surface area contributed by atoms with Gasteiger partial charge in [-0.1, -0.05) is 0 Å². The minimum absolute atomic E-state index is 0.124. The number of aliphatic hydroxyl groups is 1. The molecule has 88 valence electrons. The number of aliphatic hydroxyl groups excluding tert-OH is 1. The van der Waals surface area contributed by atoms with Gasteiger partial charge < -0.3 is 15.6 Å². The molecule has 0 radical (unpaired) electrons. The van der Waals surface area contributed by atoms with Crippen molar-refractivity contribution in [3.63, 3.8) is 0 Å². The lowest BCUT2D eigenvalue weighted by atomic mass is 10.2. The number of rotatable bonds is 3. The number of aromatic nitrogens is 2. The number of anilines is 1. The smallest absolute Gasteiger partial charge is 0.351 e. The first-order valence-corrected chi connectivity index (χ1v) is 4.88. The Kier molecular flexibility index (Phi) is 2.55. The highest BCUT2D eigenvalue weighted by atomic mass is 19.1. The molecule has 1 fully saturated rings. The molecule has 6 nitrogen and oxygen atoms in total. The zero-order valence-electron chi connectivity index (χ0n) is 9.38. The van der Waals surface area contributed by atoms with Crippen LogP contribution in [0.5, 0.6) is 0 Å². The standard InChI is InChI=1S/C9H12FN3O3/c10-8(14)5-1-2-7(16-5)13-4-3-6(11)12-9(13)15/h3-5,7-8,14H,1-2H2,(H2,11,12,15)/t5-,7+,8+/m0/s1/i14D. The van der Waals surface area contributed by atoms with Gasteiger partial charge in [0.05, 0.1) is 0 Å². The van der Waals surface area contributed by atoms with Gasteiger partial charge in [-0.25, -0.2) is 9.18 Å². The monoisotopic (exact) mass is 230 g/mol. The van der Waals surface area contributed by atoms with E-state index in [1.807, 2.05) is 0 Å². The van der Waals surface area contributed by atoms with Crippen molar-refractivity contribution < 1.29 is 14.2 Å². The molecule has 1 aliphatic rings. The number of halogens is 1. The summed E-state index contributed by atoms with van der Waals surface area (Å²) in [4.78, 5) is 15.1. The van der Waals surface area contributed by atoms with Crippen LogP contribution >= 0.6 is 0 Å². The van der Waals surface area contributed by atoms with E-state index in [0.717, 1.165) is 0 Å². The fourth-order valence-corrected chi connectivity index (χ4v) is 1.69. The lowest BCUT2D eigenvalue weighted by Crippen LogP contribution is -2.28. The second-order valence-corrected chi connectivity index (χ2v) is 3.60. The van der Waals surface area contributed by atoms with Gasteiger partial charge in [0.15, 0.2) is 0 Å². The molecule has 1 aromatic rings. The first-order chi connectivity index (χ1) is 8.11. The summed E-state index contributed by atoms with van der Waals surface area (Å²) in [7, 11) is 0. The highest BCUT2D eigenvalue weighted by Crippen LogP contribution is 2.29. The van der Waals surface area contributed by atoms with E-state index in [4.69, 9.17) is 11.9 Å². The van der Waals surface area contributed by atoms with Gasteiger partial charge in [0.25, 0.3) is 0 Å². The third kappa shape index (κ3) is 2.05. The Morgan fingerprint density at radius 2 is 2.62 bits per heavy atom. The molecule has 16 heavy (non-hydrogen) atoms. The summed E-state index contributed by atoms with van der Waals surface area (Å²) in [5.74, 6) is 0.124. The molecular formula is C9H12FN3O3. The summed E-state index contributed by atoms with van der Waals surface area (Å²) in [5.41, 5.74) is 4.81. The van der Waals surface area contributed by atoms with E-state index in [1.165, 1.54) is 16.8 Å². The predicted molar refractivity (Wildman–Crippen MR) is 53.2 cm³/mol. The van der Waals surface area contributed by atoms with Gasteiger partial charge in [0.1, 0.15) is 18.1 Å². The van der Waals surface area contributed by atoms with Gasteiger partial charge >= 0.3 is 5.69 Å². The number of hydrogen-bond donors (Lipinski definition) is 2. The Labute approximate surface area is 92.0 Å². The Morgan fingerprint density at radius 3 is 3.31 bits per heavy atom. The van der Waals surface area contributed by atoms with Gasteiger partial charge in [-0.2, -0.15) is 4.98 Å². The van der Waals surface area contributed by atoms with Gasteiger partial charge in [-0.15, -0.1) is 0 Å². The number of ether oxygens (including phenoxy) is 1. The molecule has 3 N–H and O–H groups in total. The lowest BCUT2D eigenvalue weighted by molar-refractivity contribution is -0.110. The molecule has 3 atom stereocenters. The van der Waals surface area contributed by atoms with Gasteiger partial charge in [0.2, 0.25) is 7.79 Å². The van der Waals surface area contributed by atoms with Crippen molar-refractivity contribution in [2.24, 2.45) is 0 Å². The highest BCUT2D eigenvalue weighted by Gasteiger charge is 2.32. The number of nitrogen functional groups attached to an aromatic ring is 1. The van der Waals surface area contributed by atoms with Crippen LogP contribution in [-0.4, -0.2) is 28.6 Å². The maximum Gasteiger partial charge on any atom is 0.351 e. The fourth-order valence-electron chi connectivity index (χ4n) is 1.69. The highest BCUT2D eigenvalue weighted by molar-refractivity contribution is 5.23. The van der Waals surface area contributed by atoms with E-state index in [-0.39, 0.29) is 5.82 Å². The molecule has 0 saturated carbocycles. The van der Waals surface area contributed by atoms with Crippen LogP contribution in [0.3, 0.4) is 0 Å². The van der Waals surface area contributed by atoms with Crippen LogP contribution in [0.4, 0.5) is 10.2 Å². The fraction of sp³-hybridized carbons (Fsp3) is 0.556. The topological polar surface area (TPSA) is 90.4 Å². The van der Waals surface area contributed by atoms with Gasteiger partial charge in [-0.05, 0) is 18.9 Å². The predicted octanol–water partition coefficient (Wildman–Crippen LogP) is -0.209. The minimum Gasteiger partial charge on any atom is -0.383 e. The summed E-state index contributed by atoms with van der Waals surface area (Å²) in [6.07, 6.45) is -0.943. The van der Waals surface area contributed by atoms with E-state index >= 15 is 0 Å². The number of alkyl halides is 1. The van der Waals surface area contributed by atoms with Crippen molar-refractivity contribution in [1.82, 2.24) is 9.55 Å². The SMILES string of the molecule is [2H]O[C@@H](F)[C@@H]1CC[C@H](n2ccc(N)nc2=O)O1. The molecule has 1 aliphatic heterocycles.